The van der Waals surface area contributed by atoms with Crippen LogP contribution in [0.25, 0.3) is 0 Å². The molecule has 0 aliphatic carbocycles. The lowest BCUT2D eigenvalue weighted by Gasteiger charge is -2.26. The first-order chi connectivity index (χ1) is 18.5. The Morgan fingerprint density at radius 3 is 2.62 bits per heavy atom. The van der Waals surface area contributed by atoms with Crippen LogP contribution in [0.5, 0.6) is 11.5 Å². The molecule has 1 saturated heterocycles. The van der Waals surface area contributed by atoms with E-state index < -0.39 is 26.0 Å². The highest BCUT2D eigenvalue weighted by Crippen LogP contribution is 2.37. The summed E-state index contributed by atoms with van der Waals surface area (Å²) >= 11 is 0. The number of cyclic esters (lactones) is 1. The van der Waals surface area contributed by atoms with Gasteiger partial charge in [-0.2, -0.15) is 0 Å². The van der Waals surface area contributed by atoms with E-state index in [2.05, 4.69) is 5.16 Å². The number of hydrogen-bond acceptors (Lipinski definition) is 8. The Kier molecular flexibility index (Phi) is 11.2. The molecule has 0 saturated carbocycles. The predicted octanol–water partition coefficient (Wildman–Crippen LogP) is 3.92. The molecule has 1 amide bonds. The molecule has 0 bridgehead atoms. The van der Waals surface area contributed by atoms with E-state index in [9.17, 15) is 29.0 Å². The largest absolute Gasteiger partial charge is 0.508 e. The number of carbonyl (C=O) groups is 2. The molecule has 3 N–H and O–H groups in total. The molecule has 11 nitrogen and oxygen atoms in total. The second kappa shape index (κ2) is 14.3. The van der Waals surface area contributed by atoms with Crippen LogP contribution in [0.4, 0.5) is 0 Å². The van der Waals surface area contributed by atoms with Crippen LogP contribution in [0.1, 0.15) is 61.9 Å². The van der Waals surface area contributed by atoms with Crippen molar-refractivity contribution in [2.45, 2.75) is 58.5 Å². The lowest BCUT2D eigenvalue weighted by molar-refractivity contribution is -0.137. The average molecular weight is 565 g/mol. The first kappa shape index (κ1) is 30.4. The van der Waals surface area contributed by atoms with Gasteiger partial charge in [0, 0.05) is 32.0 Å². The Morgan fingerprint density at radius 1 is 1.15 bits per heavy atom. The third-order valence-corrected chi connectivity index (χ3v) is 6.74. The first-order valence-corrected chi connectivity index (χ1v) is 14.9. The van der Waals surface area contributed by atoms with Crippen molar-refractivity contribution in [2.24, 2.45) is 11.1 Å². The van der Waals surface area contributed by atoms with Gasteiger partial charge in [-0.1, -0.05) is 30.3 Å². The van der Waals surface area contributed by atoms with Gasteiger partial charge >= 0.3 is 13.6 Å². The summed E-state index contributed by atoms with van der Waals surface area (Å²) in [6, 6.07) is 2.44. The quantitative estimate of drug-likeness (QED) is 0.202. The SMILES string of the molecule is C[C@@H]1C/C=C/[C@H](C)C/C=C/C(=N/OCC(=O)N2CCCCC2)Cc2cc(O)cc(OCP(=O)(O)O)c2C(=O)O1. The number of piperidine rings is 1. The Morgan fingerprint density at radius 2 is 1.90 bits per heavy atom. The zero-order valence-electron chi connectivity index (χ0n) is 22.3. The predicted molar refractivity (Wildman–Crippen MR) is 145 cm³/mol. The van der Waals surface area contributed by atoms with Gasteiger partial charge < -0.3 is 34.1 Å². The second-order valence-corrected chi connectivity index (χ2v) is 11.5. The van der Waals surface area contributed by atoms with E-state index in [-0.39, 0.29) is 47.5 Å². The molecule has 2 atom stereocenters. The van der Waals surface area contributed by atoms with E-state index in [1.54, 1.807) is 17.9 Å². The summed E-state index contributed by atoms with van der Waals surface area (Å²) in [4.78, 5) is 51.5. The summed E-state index contributed by atoms with van der Waals surface area (Å²) in [5.74, 6) is -1.24. The van der Waals surface area contributed by atoms with Gasteiger partial charge in [-0.25, -0.2) is 4.79 Å². The molecule has 1 aromatic carbocycles. The van der Waals surface area contributed by atoms with E-state index in [4.69, 9.17) is 14.3 Å². The number of rotatable bonds is 6. The number of phenols is 1. The van der Waals surface area contributed by atoms with Crippen molar-refractivity contribution in [1.82, 2.24) is 4.90 Å². The number of hydrogen-bond donors (Lipinski definition) is 3. The molecule has 2 aliphatic heterocycles. The van der Waals surface area contributed by atoms with Gasteiger partial charge in [0.15, 0.2) is 13.0 Å². The van der Waals surface area contributed by atoms with Crippen molar-refractivity contribution >= 4 is 25.2 Å². The van der Waals surface area contributed by atoms with Crippen molar-refractivity contribution in [1.29, 1.82) is 0 Å². The molecule has 1 aromatic rings. The number of fused-ring (bicyclic) bond motifs is 1. The molecule has 2 heterocycles. The lowest BCUT2D eigenvalue weighted by Crippen LogP contribution is -2.37. The lowest BCUT2D eigenvalue weighted by atomic mass is 9.99. The van der Waals surface area contributed by atoms with Crippen LogP contribution in [-0.4, -0.2) is 69.5 Å². The highest BCUT2D eigenvalue weighted by atomic mass is 31.2. The number of carbonyl (C=O) groups excluding carboxylic acids is 2. The van der Waals surface area contributed by atoms with E-state index in [1.807, 2.05) is 25.2 Å². The van der Waals surface area contributed by atoms with Gasteiger partial charge in [-0.3, -0.25) is 9.36 Å². The zero-order chi connectivity index (χ0) is 28.4. The maximum Gasteiger partial charge on any atom is 0.362 e. The number of likely N-dealkylation sites (tertiary alicyclic amines) is 1. The fourth-order valence-electron chi connectivity index (χ4n) is 4.31. The van der Waals surface area contributed by atoms with Gasteiger partial charge in [-0.05, 0) is 56.2 Å². The minimum atomic E-state index is -4.58. The molecule has 39 heavy (non-hydrogen) atoms. The Hall–Kier alpha value is -3.14. The number of amides is 1. The van der Waals surface area contributed by atoms with Crippen molar-refractivity contribution in [3.63, 3.8) is 0 Å². The molecule has 0 aromatic heterocycles. The molecular formula is C27H37N2O9P. The standard InChI is InChI=1S/C27H37N2O9P/c1-19-8-6-10-20(2)38-27(32)26-21(15-23(30)16-24(26)36-18-39(33,34)35)14-22(11-7-9-19)28-37-17-25(31)29-12-4-3-5-13-29/h6-8,11,15-16,19-20,30H,3-5,9-10,12-14,17-18H2,1-2H3,(H2,33,34,35)/b8-6+,11-7+,28-22-/t19-,20+/m0/s1. The van der Waals surface area contributed by atoms with Crippen LogP contribution >= 0.6 is 7.60 Å². The summed E-state index contributed by atoms with van der Waals surface area (Å²) in [5, 5.41) is 14.5. The fraction of sp³-hybridized carbons (Fsp3) is 0.519. The molecule has 0 radical (unpaired) electrons. The van der Waals surface area contributed by atoms with E-state index >= 15 is 0 Å². The molecule has 1 fully saturated rings. The number of benzene rings is 1. The smallest absolute Gasteiger partial charge is 0.362 e. The zero-order valence-corrected chi connectivity index (χ0v) is 23.2. The van der Waals surface area contributed by atoms with Gasteiger partial charge in [0.05, 0.1) is 5.71 Å². The van der Waals surface area contributed by atoms with Gasteiger partial charge in [0.2, 0.25) is 0 Å². The van der Waals surface area contributed by atoms with E-state index in [0.29, 0.717) is 31.6 Å². The second-order valence-electron chi connectivity index (χ2n) is 9.89. The minimum absolute atomic E-state index is 0.0158. The number of phenolic OH excluding ortho intramolecular Hbond substituents is 1. The van der Waals surface area contributed by atoms with Crippen molar-refractivity contribution in [3.05, 3.63) is 47.6 Å². The summed E-state index contributed by atoms with van der Waals surface area (Å²) in [5.41, 5.74) is 0.527. The normalized spacial score (nSPS) is 23.7. The topological polar surface area (TPSA) is 155 Å². The van der Waals surface area contributed by atoms with Gasteiger partial charge in [0.1, 0.15) is 23.2 Å². The Bertz CT molecular complexity index is 1150. The number of aromatic hydroxyl groups is 1. The third-order valence-electron chi connectivity index (χ3n) is 6.27. The number of allylic oxidation sites excluding steroid dienone is 3. The molecule has 0 unspecified atom stereocenters. The van der Waals surface area contributed by atoms with Crippen LogP contribution in [-0.2, 0) is 25.4 Å². The molecule has 0 spiro atoms. The van der Waals surface area contributed by atoms with Crippen LogP contribution in [0.3, 0.4) is 0 Å². The van der Waals surface area contributed by atoms with E-state index in [1.165, 1.54) is 6.07 Å². The van der Waals surface area contributed by atoms with Gasteiger partial charge in [-0.15, -0.1) is 0 Å². The maximum absolute atomic E-state index is 13.3. The minimum Gasteiger partial charge on any atom is -0.508 e. The highest BCUT2D eigenvalue weighted by Gasteiger charge is 2.25. The Balaban J connectivity index is 1.95. The molecule has 12 heteroatoms. The summed E-state index contributed by atoms with van der Waals surface area (Å²) in [7, 11) is -4.58. The molecule has 3 rings (SSSR count). The Labute approximate surface area is 228 Å². The van der Waals surface area contributed by atoms with Crippen molar-refractivity contribution in [2.75, 3.05) is 26.0 Å². The number of nitrogens with zero attached hydrogens (tertiary/aromatic N) is 2. The molecule has 2 aliphatic rings. The van der Waals surface area contributed by atoms with Crippen LogP contribution in [0, 0.1) is 5.92 Å². The average Bonchev–Trinajstić information content (AvgIpc) is 2.86. The number of ether oxygens (including phenoxy) is 2. The van der Waals surface area contributed by atoms with E-state index in [0.717, 1.165) is 25.3 Å². The first-order valence-electron chi connectivity index (χ1n) is 13.1. The number of esters is 1. The maximum atomic E-state index is 13.3. The fourth-order valence-corrected chi connectivity index (χ4v) is 4.61. The van der Waals surface area contributed by atoms with Crippen molar-refractivity contribution in [3.8, 4) is 11.5 Å². The monoisotopic (exact) mass is 564 g/mol. The van der Waals surface area contributed by atoms with Crippen molar-refractivity contribution < 1.29 is 43.4 Å². The van der Waals surface area contributed by atoms with Gasteiger partial charge in [0.25, 0.3) is 5.91 Å². The highest BCUT2D eigenvalue weighted by molar-refractivity contribution is 7.51. The summed E-state index contributed by atoms with van der Waals surface area (Å²) in [6.07, 6.45) is 10.2. The third kappa shape index (κ3) is 10.2. The summed E-state index contributed by atoms with van der Waals surface area (Å²) in [6.45, 7) is 4.92. The number of oxime groups is 1. The molecular weight excluding hydrogens is 527 g/mol. The molecule has 214 valence electrons. The van der Waals surface area contributed by atoms with Crippen LogP contribution in [0.15, 0.2) is 41.6 Å². The van der Waals surface area contributed by atoms with Crippen LogP contribution in [0.2, 0.25) is 0 Å². The summed E-state index contributed by atoms with van der Waals surface area (Å²) < 4.78 is 22.3. The van der Waals surface area contributed by atoms with Crippen LogP contribution < -0.4 is 4.74 Å².